The van der Waals surface area contributed by atoms with E-state index < -0.39 is 6.04 Å². The maximum Gasteiger partial charge on any atom is 0.318 e. The molecule has 7 nitrogen and oxygen atoms in total. The molecule has 3 aromatic carbocycles. The van der Waals surface area contributed by atoms with Gasteiger partial charge in [0.05, 0.1) is 0 Å². The quantitative estimate of drug-likeness (QED) is 0.128. The number of carbonyl (C=O) groups is 2. The average Bonchev–Trinajstić information content (AvgIpc) is 3.04. The number of halogens is 1. The first kappa shape index (κ1) is 36.5. The molecule has 4 rings (SSSR count). The van der Waals surface area contributed by atoms with Gasteiger partial charge in [-0.25, -0.2) is 4.79 Å². The molecule has 0 aliphatic heterocycles. The summed E-state index contributed by atoms with van der Waals surface area (Å²) in [6.45, 7) is 8.73. The second-order valence-corrected chi connectivity index (χ2v) is 12.9. The lowest BCUT2D eigenvalue weighted by Gasteiger charge is -2.30. The molecule has 0 radical (unpaired) electrons. The Morgan fingerprint density at radius 3 is 2.33 bits per heavy atom. The highest BCUT2D eigenvalue weighted by molar-refractivity contribution is 5.90. The van der Waals surface area contributed by atoms with Crippen LogP contribution in [0.15, 0.2) is 97.2 Å². The largest absolute Gasteiger partial charge is 0.354 e. The smallest absolute Gasteiger partial charge is 0.318 e. The zero-order valence-electron chi connectivity index (χ0n) is 27.5. The number of nitrogens with zero attached hydrogens (tertiary/aromatic N) is 2. The molecule has 2 unspecified atom stereocenters. The maximum absolute atomic E-state index is 14.0. The molecule has 0 bridgehead atoms. The summed E-state index contributed by atoms with van der Waals surface area (Å²) in [4.78, 5) is 34.1. The van der Waals surface area contributed by atoms with Crippen molar-refractivity contribution in [2.75, 3.05) is 26.2 Å². The highest BCUT2D eigenvalue weighted by atomic mass is 35.5. The van der Waals surface area contributed by atoms with Crippen molar-refractivity contribution < 1.29 is 9.59 Å². The number of hydrogen-bond donors (Lipinski definition) is 3. The number of benzene rings is 3. The molecule has 0 saturated carbocycles. The van der Waals surface area contributed by atoms with Gasteiger partial charge in [0.2, 0.25) is 5.91 Å². The molecule has 1 aromatic heterocycles. The van der Waals surface area contributed by atoms with Crippen LogP contribution in [0.5, 0.6) is 0 Å². The second-order valence-electron chi connectivity index (χ2n) is 12.9. The molecule has 1 heterocycles. The van der Waals surface area contributed by atoms with Crippen molar-refractivity contribution in [3.63, 3.8) is 0 Å². The van der Waals surface area contributed by atoms with E-state index in [0.29, 0.717) is 51.4 Å². The van der Waals surface area contributed by atoms with Crippen molar-refractivity contribution in [2.24, 2.45) is 17.1 Å². The molecule has 46 heavy (non-hydrogen) atoms. The SMILES string of the molecule is CC(CCN)CC(C)(C)CNC(=O)C(Cc1cccc2ccccc12)NC(=O)N(CCc1ccccc1)CCc1ccccn1.Cl. The van der Waals surface area contributed by atoms with Gasteiger partial charge in [0.1, 0.15) is 6.04 Å². The van der Waals surface area contributed by atoms with Gasteiger partial charge in [0.15, 0.2) is 0 Å². The van der Waals surface area contributed by atoms with Crippen LogP contribution < -0.4 is 16.4 Å². The molecular formula is C38H50ClN5O2. The molecule has 0 fully saturated rings. The van der Waals surface area contributed by atoms with E-state index in [-0.39, 0.29) is 29.8 Å². The Bertz CT molecular complexity index is 1450. The van der Waals surface area contributed by atoms with E-state index in [1.54, 1.807) is 6.20 Å². The number of hydrogen-bond acceptors (Lipinski definition) is 4. The Balaban J connectivity index is 0.00000576. The van der Waals surface area contributed by atoms with Crippen molar-refractivity contribution in [3.05, 3.63) is 114 Å². The van der Waals surface area contributed by atoms with Gasteiger partial charge < -0.3 is 21.3 Å². The van der Waals surface area contributed by atoms with Crippen LogP contribution in [-0.4, -0.2) is 54.0 Å². The summed E-state index contributed by atoms with van der Waals surface area (Å²) >= 11 is 0. The number of aromatic nitrogens is 1. The number of pyridine rings is 1. The third kappa shape index (κ3) is 11.5. The Kier molecular flexibility index (Phi) is 14.5. The van der Waals surface area contributed by atoms with E-state index in [9.17, 15) is 9.59 Å². The first-order valence-corrected chi connectivity index (χ1v) is 16.2. The third-order valence-electron chi connectivity index (χ3n) is 8.38. The summed E-state index contributed by atoms with van der Waals surface area (Å²) in [7, 11) is 0. The molecule has 0 saturated heterocycles. The van der Waals surface area contributed by atoms with Crippen LogP contribution in [0, 0.1) is 11.3 Å². The average molecular weight is 644 g/mol. The fraction of sp³-hybridized carbons (Fsp3) is 0.395. The minimum Gasteiger partial charge on any atom is -0.354 e. The van der Waals surface area contributed by atoms with Crippen LogP contribution in [0.1, 0.15) is 50.4 Å². The third-order valence-corrected chi connectivity index (χ3v) is 8.38. The number of carbonyl (C=O) groups excluding carboxylic acids is 2. The van der Waals surface area contributed by atoms with Gasteiger partial charge >= 0.3 is 6.03 Å². The minimum absolute atomic E-state index is 0. The van der Waals surface area contributed by atoms with E-state index in [0.717, 1.165) is 40.4 Å². The van der Waals surface area contributed by atoms with Gasteiger partial charge in [0, 0.05) is 44.4 Å². The van der Waals surface area contributed by atoms with E-state index in [1.807, 2.05) is 65.6 Å². The zero-order valence-corrected chi connectivity index (χ0v) is 28.3. The Hall–Kier alpha value is -3.94. The lowest BCUT2D eigenvalue weighted by molar-refractivity contribution is -0.123. The molecule has 2 atom stereocenters. The van der Waals surface area contributed by atoms with Crippen LogP contribution in [0.25, 0.3) is 10.8 Å². The first-order chi connectivity index (χ1) is 21.7. The van der Waals surface area contributed by atoms with E-state index >= 15 is 0 Å². The highest BCUT2D eigenvalue weighted by Gasteiger charge is 2.28. The predicted octanol–water partition coefficient (Wildman–Crippen LogP) is 6.58. The van der Waals surface area contributed by atoms with Crippen LogP contribution in [0.2, 0.25) is 0 Å². The summed E-state index contributed by atoms with van der Waals surface area (Å²) in [6, 6.07) is 29.3. The van der Waals surface area contributed by atoms with Crippen molar-refractivity contribution in [3.8, 4) is 0 Å². The van der Waals surface area contributed by atoms with Gasteiger partial charge in [-0.1, -0.05) is 99.6 Å². The van der Waals surface area contributed by atoms with Crippen molar-refractivity contribution in [1.82, 2.24) is 20.5 Å². The molecule has 3 amide bonds. The van der Waals surface area contributed by atoms with Crippen LogP contribution in [-0.2, 0) is 24.1 Å². The van der Waals surface area contributed by atoms with Gasteiger partial charge in [-0.2, -0.15) is 0 Å². The number of nitrogens with two attached hydrogens (primary N) is 1. The first-order valence-electron chi connectivity index (χ1n) is 16.2. The molecule has 0 aliphatic carbocycles. The lowest BCUT2D eigenvalue weighted by atomic mass is 9.82. The van der Waals surface area contributed by atoms with E-state index in [2.05, 4.69) is 66.7 Å². The second kappa shape index (κ2) is 18.3. The molecule has 8 heteroatoms. The number of rotatable bonds is 16. The fourth-order valence-electron chi connectivity index (χ4n) is 6.01. The molecular weight excluding hydrogens is 594 g/mol. The van der Waals surface area contributed by atoms with Gasteiger partial charge in [0.25, 0.3) is 0 Å². The van der Waals surface area contributed by atoms with Crippen molar-refractivity contribution in [2.45, 2.75) is 58.9 Å². The summed E-state index contributed by atoms with van der Waals surface area (Å²) in [5.41, 5.74) is 8.78. The Morgan fingerprint density at radius 2 is 1.59 bits per heavy atom. The molecule has 0 spiro atoms. The number of urea groups is 1. The topological polar surface area (TPSA) is 100 Å². The standard InChI is InChI=1S/C38H49N5O2.ClH/c1-29(19-22-39)27-38(2,3)28-41-36(44)35(26-32-16-11-15-31-14-7-8-18-34(31)32)42-37(45)43(24-20-30-12-5-4-6-13-30)25-21-33-17-9-10-23-40-33;/h4-18,23,29,35H,19-22,24-28,39H2,1-3H3,(H,41,44)(H,42,45);1H. The normalized spacial score (nSPS) is 12.5. The van der Waals surface area contributed by atoms with Crippen molar-refractivity contribution >= 4 is 35.1 Å². The number of amides is 3. The van der Waals surface area contributed by atoms with E-state index in [1.165, 1.54) is 0 Å². The summed E-state index contributed by atoms with van der Waals surface area (Å²) < 4.78 is 0. The monoisotopic (exact) mass is 643 g/mol. The lowest BCUT2D eigenvalue weighted by Crippen LogP contribution is -2.53. The molecule has 4 N–H and O–H groups in total. The zero-order chi connectivity index (χ0) is 32.1. The van der Waals surface area contributed by atoms with E-state index in [4.69, 9.17) is 5.73 Å². The maximum atomic E-state index is 14.0. The Labute approximate surface area is 280 Å². The van der Waals surface area contributed by atoms with Gasteiger partial charge in [-0.15, -0.1) is 12.4 Å². The van der Waals surface area contributed by atoms with Crippen LogP contribution in [0.3, 0.4) is 0 Å². The van der Waals surface area contributed by atoms with Gasteiger partial charge in [-0.05, 0) is 71.2 Å². The number of nitrogens with one attached hydrogen (secondary N) is 2. The number of fused-ring (bicyclic) bond motifs is 1. The fourth-order valence-corrected chi connectivity index (χ4v) is 6.01. The van der Waals surface area contributed by atoms with Gasteiger partial charge in [-0.3, -0.25) is 9.78 Å². The molecule has 0 aliphatic rings. The summed E-state index contributed by atoms with van der Waals surface area (Å²) in [6.07, 6.45) is 5.40. The minimum atomic E-state index is -0.741. The summed E-state index contributed by atoms with van der Waals surface area (Å²) in [5, 5.41) is 8.51. The Morgan fingerprint density at radius 1 is 0.891 bits per heavy atom. The predicted molar refractivity (Wildman–Crippen MR) is 191 cm³/mol. The van der Waals surface area contributed by atoms with Crippen LogP contribution in [0.4, 0.5) is 4.79 Å². The molecule has 246 valence electrons. The van der Waals surface area contributed by atoms with Crippen LogP contribution >= 0.6 is 12.4 Å². The molecule has 4 aromatic rings. The highest BCUT2D eigenvalue weighted by Crippen LogP contribution is 2.26. The summed E-state index contributed by atoms with van der Waals surface area (Å²) in [5.74, 6) is 0.286. The van der Waals surface area contributed by atoms with Crippen molar-refractivity contribution in [1.29, 1.82) is 0 Å².